The molecule has 1 unspecified atom stereocenters. The molecule has 0 bridgehead atoms. The van der Waals surface area contributed by atoms with Gasteiger partial charge in [0.1, 0.15) is 11.8 Å². The molecule has 22 heavy (non-hydrogen) atoms. The molecule has 0 saturated carbocycles. The van der Waals surface area contributed by atoms with Crippen LogP contribution >= 0.6 is 0 Å². The van der Waals surface area contributed by atoms with Crippen molar-refractivity contribution in [3.63, 3.8) is 0 Å². The van der Waals surface area contributed by atoms with E-state index in [-0.39, 0.29) is 12.2 Å². The molecule has 2 atom stereocenters. The summed E-state index contributed by atoms with van der Waals surface area (Å²) >= 11 is 0. The van der Waals surface area contributed by atoms with Crippen LogP contribution in [0.2, 0.25) is 0 Å². The molecule has 1 amide bonds. The molecule has 1 rings (SSSR count). The highest BCUT2D eigenvalue weighted by Gasteiger charge is 2.29. The molecule has 0 heterocycles. The first kappa shape index (κ1) is 18.1. The molecule has 3 N–H and O–H groups in total. The van der Waals surface area contributed by atoms with E-state index >= 15 is 0 Å². The Morgan fingerprint density at radius 1 is 1.27 bits per heavy atom. The zero-order chi connectivity index (χ0) is 16.8. The molecule has 122 valence electrons. The highest BCUT2D eigenvalue weighted by atomic mass is 32.2. The normalized spacial score (nSPS) is 14.0. The molecular formula is C13H17NO7S. The Labute approximate surface area is 127 Å². The van der Waals surface area contributed by atoms with E-state index in [0.29, 0.717) is 0 Å². The van der Waals surface area contributed by atoms with Gasteiger partial charge in [0.2, 0.25) is 0 Å². The van der Waals surface area contributed by atoms with Crippen LogP contribution in [-0.2, 0) is 24.4 Å². The van der Waals surface area contributed by atoms with Gasteiger partial charge < -0.3 is 15.2 Å². The van der Waals surface area contributed by atoms with Crippen LogP contribution in [0.3, 0.4) is 0 Å². The van der Waals surface area contributed by atoms with Crippen LogP contribution in [0.15, 0.2) is 30.3 Å². The van der Waals surface area contributed by atoms with Crippen molar-refractivity contribution in [1.29, 1.82) is 0 Å². The fourth-order valence-corrected chi connectivity index (χ4v) is 2.30. The fraction of sp³-hybridized carbons (Fsp3) is 0.385. The number of hydrogen-bond acceptors (Lipinski definition) is 6. The minimum Gasteiger partial charge on any atom is -0.464 e. The van der Waals surface area contributed by atoms with E-state index in [0.717, 1.165) is 0 Å². The molecule has 0 aliphatic carbocycles. The molecular weight excluding hydrogens is 314 g/mol. The zero-order valence-electron chi connectivity index (χ0n) is 11.8. The summed E-state index contributed by atoms with van der Waals surface area (Å²) in [5, 5.41) is 11.9. The highest BCUT2D eigenvalue weighted by Crippen LogP contribution is 2.12. The van der Waals surface area contributed by atoms with Gasteiger partial charge >= 0.3 is 5.97 Å². The first-order valence-electron chi connectivity index (χ1n) is 6.39. The van der Waals surface area contributed by atoms with E-state index in [1.165, 1.54) is 19.1 Å². The molecule has 1 aromatic rings. The van der Waals surface area contributed by atoms with Gasteiger partial charge in [-0.3, -0.25) is 9.35 Å². The first-order valence-corrected chi connectivity index (χ1v) is 8.00. The SMILES string of the molecule is CCOC(=O)[C@H](CS(=O)(=O)O)NC(=O)C(O)c1ccccc1. The lowest BCUT2D eigenvalue weighted by Crippen LogP contribution is -2.47. The lowest BCUT2D eigenvalue weighted by Gasteiger charge is -2.18. The Morgan fingerprint density at radius 3 is 2.36 bits per heavy atom. The van der Waals surface area contributed by atoms with Crippen LogP contribution in [0.1, 0.15) is 18.6 Å². The van der Waals surface area contributed by atoms with Gasteiger partial charge in [0, 0.05) is 0 Å². The molecule has 8 nitrogen and oxygen atoms in total. The van der Waals surface area contributed by atoms with Crippen molar-refractivity contribution in [3.8, 4) is 0 Å². The number of esters is 1. The lowest BCUT2D eigenvalue weighted by molar-refractivity contribution is -0.147. The summed E-state index contributed by atoms with van der Waals surface area (Å²) in [5.74, 6) is -3.04. The number of aliphatic hydroxyl groups is 1. The standard InChI is InChI=1S/C13H17NO7S/c1-2-21-13(17)10(8-22(18,19)20)14-12(16)11(15)9-6-4-3-5-7-9/h3-7,10-11,15H,2,8H2,1H3,(H,14,16)(H,18,19,20)/t10-,11?/m0/s1. The van der Waals surface area contributed by atoms with Crippen LogP contribution in [0, 0.1) is 0 Å². The third-order valence-corrected chi connectivity index (χ3v) is 3.38. The number of amides is 1. The predicted molar refractivity (Wildman–Crippen MR) is 76.4 cm³/mol. The maximum Gasteiger partial charge on any atom is 0.329 e. The van der Waals surface area contributed by atoms with E-state index in [9.17, 15) is 23.1 Å². The molecule has 0 spiro atoms. The summed E-state index contributed by atoms with van der Waals surface area (Å²) in [6.07, 6.45) is -1.58. The van der Waals surface area contributed by atoms with Crippen molar-refractivity contribution in [2.75, 3.05) is 12.4 Å². The van der Waals surface area contributed by atoms with Crippen LogP contribution in [0.25, 0.3) is 0 Å². The van der Waals surface area contributed by atoms with Crippen molar-refractivity contribution in [3.05, 3.63) is 35.9 Å². The third-order valence-electron chi connectivity index (χ3n) is 2.63. The molecule has 9 heteroatoms. The molecule has 0 saturated heterocycles. The predicted octanol–water partition coefficient (Wildman–Crippen LogP) is -0.344. The van der Waals surface area contributed by atoms with Crippen molar-refractivity contribution in [2.24, 2.45) is 0 Å². The molecule has 0 aromatic heterocycles. The third kappa shape index (κ3) is 5.80. The van der Waals surface area contributed by atoms with Crippen molar-refractivity contribution in [1.82, 2.24) is 5.32 Å². The van der Waals surface area contributed by atoms with Gasteiger partial charge in [0.05, 0.1) is 6.61 Å². The smallest absolute Gasteiger partial charge is 0.329 e. The summed E-state index contributed by atoms with van der Waals surface area (Å²) in [4.78, 5) is 23.5. The fourth-order valence-electron chi connectivity index (χ4n) is 1.66. The van der Waals surface area contributed by atoms with E-state index in [4.69, 9.17) is 4.55 Å². The van der Waals surface area contributed by atoms with Crippen LogP contribution in [0.5, 0.6) is 0 Å². The Bertz CT molecular complexity index is 615. The largest absolute Gasteiger partial charge is 0.464 e. The van der Waals surface area contributed by atoms with Crippen LogP contribution in [-0.4, -0.2) is 48.4 Å². The van der Waals surface area contributed by atoms with E-state index in [1.807, 2.05) is 0 Å². The summed E-state index contributed by atoms with van der Waals surface area (Å²) in [6.45, 7) is 1.47. The van der Waals surface area contributed by atoms with Gasteiger partial charge in [-0.2, -0.15) is 8.42 Å². The number of aliphatic hydroxyl groups excluding tert-OH is 1. The van der Waals surface area contributed by atoms with E-state index in [2.05, 4.69) is 10.1 Å². The van der Waals surface area contributed by atoms with E-state index in [1.54, 1.807) is 18.2 Å². The molecule has 1 aromatic carbocycles. The minimum absolute atomic E-state index is 0.0298. The maximum atomic E-state index is 11.9. The Balaban J connectivity index is 2.84. The van der Waals surface area contributed by atoms with Gasteiger partial charge in [0.25, 0.3) is 16.0 Å². The summed E-state index contributed by atoms with van der Waals surface area (Å²) in [7, 11) is -4.52. The summed E-state index contributed by atoms with van der Waals surface area (Å²) in [6, 6.07) is 6.27. The van der Waals surface area contributed by atoms with E-state index < -0.39 is 39.9 Å². The Hall–Kier alpha value is -1.97. The Kier molecular flexibility index (Phi) is 6.47. The van der Waals surface area contributed by atoms with Gasteiger partial charge in [0.15, 0.2) is 6.10 Å². The number of ether oxygens (including phenoxy) is 1. The van der Waals surface area contributed by atoms with Gasteiger partial charge in [-0.05, 0) is 12.5 Å². The van der Waals surface area contributed by atoms with Crippen molar-refractivity contribution >= 4 is 22.0 Å². The van der Waals surface area contributed by atoms with Gasteiger partial charge in [-0.25, -0.2) is 4.79 Å². The molecule has 0 aliphatic heterocycles. The summed E-state index contributed by atoms with van der Waals surface area (Å²) < 4.78 is 35.3. The average molecular weight is 331 g/mol. The zero-order valence-corrected chi connectivity index (χ0v) is 12.6. The lowest BCUT2D eigenvalue weighted by atomic mass is 10.1. The second kappa shape index (κ2) is 7.87. The minimum atomic E-state index is -4.52. The number of hydrogen-bond donors (Lipinski definition) is 3. The number of rotatable bonds is 7. The van der Waals surface area contributed by atoms with Crippen LogP contribution in [0.4, 0.5) is 0 Å². The molecule has 0 aliphatic rings. The number of carbonyl (C=O) groups is 2. The van der Waals surface area contributed by atoms with Crippen LogP contribution < -0.4 is 5.32 Å². The monoisotopic (exact) mass is 331 g/mol. The Morgan fingerprint density at radius 2 is 1.86 bits per heavy atom. The van der Waals surface area contributed by atoms with Gasteiger partial charge in [-0.15, -0.1) is 0 Å². The molecule has 0 radical (unpaired) electrons. The number of benzene rings is 1. The number of nitrogens with one attached hydrogen (secondary N) is 1. The first-order chi connectivity index (χ1) is 10.2. The van der Waals surface area contributed by atoms with Crippen molar-refractivity contribution in [2.45, 2.75) is 19.1 Å². The topological polar surface area (TPSA) is 130 Å². The highest BCUT2D eigenvalue weighted by molar-refractivity contribution is 7.85. The average Bonchev–Trinajstić information content (AvgIpc) is 2.45. The van der Waals surface area contributed by atoms with Gasteiger partial charge in [-0.1, -0.05) is 30.3 Å². The summed E-state index contributed by atoms with van der Waals surface area (Å²) in [5.41, 5.74) is 0.273. The quantitative estimate of drug-likeness (QED) is 0.460. The van der Waals surface area contributed by atoms with Crippen molar-refractivity contribution < 1.29 is 32.4 Å². The second-order valence-corrected chi connectivity index (χ2v) is 5.87. The maximum absolute atomic E-state index is 11.9. The second-order valence-electron chi connectivity index (χ2n) is 4.38. The molecule has 0 fully saturated rings. The number of carbonyl (C=O) groups excluding carboxylic acids is 2.